The van der Waals surface area contributed by atoms with Gasteiger partial charge in [0.1, 0.15) is 12.0 Å². The Kier molecular flexibility index (Phi) is 5.32. The summed E-state index contributed by atoms with van der Waals surface area (Å²) in [6.07, 6.45) is 1.41. The summed E-state index contributed by atoms with van der Waals surface area (Å²) in [6.45, 7) is 3.99. The lowest BCUT2D eigenvalue weighted by atomic mass is 10.0. The minimum Gasteiger partial charge on any atom is -0.393 e. The number of piperazine rings is 1. The molecule has 3 N–H and O–H groups in total. The number of aromatic nitrogens is 2. The van der Waals surface area contributed by atoms with Gasteiger partial charge in [0.05, 0.1) is 11.4 Å². The van der Waals surface area contributed by atoms with Gasteiger partial charge < -0.3 is 20.9 Å². The minimum atomic E-state index is 0.248. The highest BCUT2D eigenvalue weighted by molar-refractivity contribution is 6.32. The molecule has 0 unspecified atom stereocenters. The quantitative estimate of drug-likeness (QED) is 0.654. The highest BCUT2D eigenvalue weighted by Crippen LogP contribution is 2.35. The van der Waals surface area contributed by atoms with Crippen molar-refractivity contribution in [1.82, 2.24) is 14.9 Å². The first kappa shape index (κ1) is 18.5. The second kappa shape index (κ2) is 8.04. The molecule has 0 aliphatic carbocycles. The van der Waals surface area contributed by atoms with Crippen LogP contribution in [0.2, 0.25) is 5.15 Å². The Balaban J connectivity index is 1.74. The molecule has 2 heterocycles. The van der Waals surface area contributed by atoms with Gasteiger partial charge in [-0.15, -0.1) is 0 Å². The minimum absolute atomic E-state index is 0.248. The summed E-state index contributed by atoms with van der Waals surface area (Å²) >= 11 is 6.08. The van der Waals surface area contributed by atoms with Crippen LogP contribution < -0.4 is 16.0 Å². The largest absolute Gasteiger partial charge is 0.393 e. The molecular formula is C21H23ClN6. The molecule has 1 saturated heterocycles. The van der Waals surface area contributed by atoms with E-state index in [9.17, 15) is 0 Å². The van der Waals surface area contributed by atoms with Gasteiger partial charge in [-0.3, -0.25) is 0 Å². The van der Waals surface area contributed by atoms with E-state index < -0.39 is 0 Å². The molecule has 0 amide bonds. The summed E-state index contributed by atoms with van der Waals surface area (Å²) in [5.74, 6) is 0.514. The summed E-state index contributed by atoms with van der Waals surface area (Å²) in [4.78, 5) is 12.9. The number of hydrogen-bond acceptors (Lipinski definition) is 6. The van der Waals surface area contributed by atoms with E-state index in [0.29, 0.717) is 11.5 Å². The lowest BCUT2D eigenvalue weighted by molar-refractivity contribution is 0.313. The van der Waals surface area contributed by atoms with Crippen LogP contribution in [0.1, 0.15) is 0 Å². The molecular weight excluding hydrogens is 372 g/mol. The molecule has 1 aromatic heterocycles. The van der Waals surface area contributed by atoms with E-state index in [0.717, 1.165) is 48.7 Å². The van der Waals surface area contributed by atoms with Crippen molar-refractivity contribution in [3.63, 3.8) is 0 Å². The van der Waals surface area contributed by atoms with Gasteiger partial charge in [0.2, 0.25) is 0 Å². The molecule has 0 bridgehead atoms. The predicted octanol–water partition coefficient (Wildman–Crippen LogP) is 3.87. The molecule has 0 spiro atoms. The Hall–Kier alpha value is -2.83. The fraction of sp³-hybridized carbons (Fsp3) is 0.238. The first-order valence-corrected chi connectivity index (χ1v) is 9.65. The second-order valence-electron chi connectivity index (χ2n) is 6.94. The molecule has 28 heavy (non-hydrogen) atoms. The van der Waals surface area contributed by atoms with E-state index in [-0.39, 0.29) is 5.15 Å². The standard InChI is InChI=1S/C21H23ClN6/c1-27-9-11-28(12-10-27)18-8-7-16(15-5-3-2-4-6-15)13-17(18)26-21-19(23)20(22)24-14-25-21/h2-8,13-14H,9-12,23H2,1H3,(H,24,25,26). The maximum Gasteiger partial charge on any atom is 0.158 e. The van der Waals surface area contributed by atoms with E-state index in [2.05, 4.69) is 62.5 Å². The van der Waals surface area contributed by atoms with E-state index >= 15 is 0 Å². The second-order valence-corrected chi connectivity index (χ2v) is 7.30. The van der Waals surface area contributed by atoms with Gasteiger partial charge >= 0.3 is 0 Å². The van der Waals surface area contributed by atoms with Crippen LogP contribution in [-0.2, 0) is 0 Å². The maximum absolute atomic E-state index is 6.09. The average Bonchev–Trinajstić information content (AvgIpc) is 2.73. The van der Waals surface area contributed by atoms with E-state index in [1.807, 2.05) is 18.2 Å². The van der Waals surface area contributed by atoms with Gasteiger partial charge in [-0.1, -0.05) is 48.0 Å². The monoisotopic (exact) mass is 394 g/mol. The Morgan fingerprint density at radius 2 is 1.71 bits per heavy atom. The lowest BCUT2D eigenvalue weighted by Crippen LogP contribution is -2.44. The van der Waals surface area contributed by atoms with Gasteiger partial charge in [-0.25, -0.2) is 9.97 Å². The molecule has 3 aromatic rings. The number of likely N-dealkylation sites (N-methyl/N-ethyl adjacent to an activating group) is 1. The summed E-state index contributed by atoms with van der Waals surface area (Å²) in [5, 5.41) is 3.63. The number of hydrogen-bond donors (Lipinski definition) is 2. The summed E-state index contributed by atoms with van der Waals surface area (Å²) in [7, 11) is 2.15. The lowest BCUT2D eigenvalue weighted by Gasteiger charge is -2.35. The van der Waals surface area contributed by atoms with Crippen LogP contribution in [0.15, 0.2) is 54.9 Å². The number of benzene rings is 2. The molecule has 4 rings (SSSR count). The Morgan fingerprint density at radius 3 is 2.46 bits per heavy atom. The molecule has 1 aliphatic rings. The van der Waals surface area contributed by atoms with Crippen molar-refractivity contribution in [3.8, 4) is 11.1 Å². The summed E-state index contributed by atoms with van der Waals surface area (Å²) < 4.78 is 0. The number of nitrogen functional groups attached to an aromatic ring is 1. The van der Waals surface area contributed by atoms with Crippen molar-refractivity contribution in [2.24, 2.45) is 0 Å². The highest BCUT2D eigenvalue weighted by Gasteiger charge is 2.19. The SMILES string of the molecule is CN1CCN(c2ccc(-c3ccccc3)cc2Nc2ncnc(Cl)c2N)CC1. The van der Waals surface area contributed by atoms with Gasteiger partial charge in [0.25, 0.3) is 0 Å². The zero-order valence-corrected chi connectivity index (χ0v) is 16.5. The van der Waals surface area contributed by atoms with Crippen LogP contribution in [-0.4, -0.2) is 48.1 Å². The third-order valence-electron chi connectivity index (χ3n) is 5.04. The fourth-order valence-electron chi connectivity index (χ4n) is 3.37. The molecule has 144 valence electrons. The summed E-state index contributed by atoms with van der Waals surface area (Å²) in [6, 6.07) is 16.8. The van der Waals surface area contributed by atoms with Crippen LogP contribution in [0, 0.1) is 0 Å². The number of nitrogens with two attached hydrogens (primary N) is 1. The Labute approximate surface area is 170 Å². The van der Waals surface area contributed by atoms with Gasteiger partial charge in [0.15, 0.2) is 11.0 Å². The molecule has 1 fully saturated rings. The van der Waals surface area contributed by atoms with Crippen molar-refractivity contribution < 1.29 is 0 Å². The molecule has 6 nitrogen and oxygen atoms in total. The van der Waals surface area contributed by atoms with Crippen molar-refractivity contribution in [1.29, 1.82) is 0 Å². The van der Waals surface area contributed by atoms with Crippen molar-refractivity contribution in [3.05, 3.63) is 60.0 Å². The smallest absolute Gasteiger partial charge is 0.158 e. The van der Waals surface area contributed by atoms with Crippen LogP contribution in [0.25, 0.3) is 11.1 Å². The van der Waals surface area contributed by atoms with Crippen LogP contribution in [0.4, 0.5) is 22.9 Å². The zero-order valence-electron chi connectivity index (χ0n) is 15.8. The van der Waals surface area contributed by atoms with Crippen LogP contribution >= 0.6 is 11.6 Å². The highest BCUT2D eigenvalue weighted by atomic mass is 35.5. The Morgan fingerprint density at radius 1 is 0.964 bits per heavy atom. The van der Waals surface area contributed by atoms with Crippen molar-refractivity contribution in [2.75, 3.05) is 49.2 Å². The van der Waals surface area contributed by atoms with Crippen molar-refractivity contribution >= 4 is 34.5 Å². The molecule has 0 atom stereocenters. The zero-order chi connectivity index (χ0) is 19.5. The summed E-state index contributed by atoms with van der Waals surface area (Å²) in [5.41, 5.74) is 10.8. The predicted molar refractivity (Wildman–Crippen MR) is 116 cm³/mol. The number of nitrogens with zero attached hydrogens (tertiary/aromatic N) is 4. The average molecular weight is 395 g/mol. The third kappa shape index (κ3) is 3.88. The number of anilines is 4. The van der Waals surface area contributed by atoms with E-state index in [1.54, 1.807) is 0 Å². The van der Waals surface area contributed by atoms with Crippen LogP contribution in [0.3, 0.4) is 0 Å². The normalized spacial score (nSPS) is 14.9. The molecule has 1 aliphatic heterocycles. The third-order valence-corrected chi connectivity index (χ3v) is 5.34. The van der Waals surface area contributed by atoms with Crippen LogP contribution in [0.5, 0.6) is 0 Å². The first-order valence-electron chi connectivity index (χ1n) is 9.28. The molecule has 0 radical (unpaired) electrons. The van der Waals surface area contributed by atoms with Gasteiger partial charge in [-0.05, 0) is 30.3 Å². The van der Waals surface area contributed by atoms with Gasteiger partial charge in [-0.2, -0.15) is 0 Å². The Bertz CT molecular complexity index is 954. The molecule has 2 aromatic carbocycles. The van der Waals surface area contributed by atoms with Crippen molar-refractivity contribution in [2.45, 2.75) is 0 Å². The molecule has 7 heteroatoms. The van der Waals surface area contributed by atoms with E-state index in [1.165, 1.54) is 6.33 Å². The fourth-order valence-corrected chi connectivity index (χ4v) is 3.50. The topological polar surface area (TPSA) is 70.3 Å². The van der Waals surface area contributed by atoms with E-state index in [4.69, 9.17) is 17.3 Å². The number of nitrogens with one attached hydrogen (secondary N) is 1. The number of rotatable bonds is 4. The first-order chi connectivity index (χ1) is 13.6. The van der Waals surface area contributed by atoms with Gasteiger partial charge in [0, 0.05) is 26.2 Å². The molecule has 0 saturated carbocycles. The number of halogens is 1. The maximum atomic E-state index is 6.09.